The van der Waals surface area contributed by atoms with E-state index in [-0.39, 0.29) is 0 Å². The van der Waals surface area contributed by atoms with Crippen molar-refractivity contribution in [3.8, 4) is 11.5 Å². The molecule has 0 radical (unpaired) electrons. The monoisotopic (exact) mass is 331 g/mol. The van der Waals surface area contributed by atoms with Crippen molar-refractivity contribution < 1.29 is 4.42 Å². The van der Waals surface area contributed by atoms with Gasteiger partial charge in [0.1, 0.15) is 6.26 Å². The second-order valence-corrected chi connectivity index (χ2v) is 6.61. The Balaban J connectivity index is 1.48. The number of benzene rings is 1. The summed E-state index contributed by atoms with van der Waals surface area (Å²) in [5.74, 6) is 1.30. The Morgan fingerprint density at radius 2 is 2.18 bits per heavy atom. The molecule has 3 aromatic rings. The van der Waals surface area contributed by atoms with Crippen molar-refractivity contribution in [1.29, 1.82) is 0 Å². The molecular weight excluding hydrogens is 318 g/mol. The van der Waals surface area contributed by atoms with Crippen LogP contribution in [-0.4, -0.2) is 14.5 Å². The molecule has 0 amide bonds. The highest BCUT2D eigenvalue weighted by atomic mass is 35.5. The number of imidazole rings is 1. The molecule has 2 heterocycles. The fraction of sp³-hybridized carbons (Fsp3) is 0.250. The van der Waals surface area contributed by atoms with Crippen LogP contribution in [0.2, 0.25) is 5.02 Å². The third-order valence-corrected chi connectivity index (χ3v) is 4.92. The maximum atomic E-state index is 6.17. The lowest BCUT2D eigenvalue weighted by Gasteiger charge is -2.03. The van der Waals surface area contributed by atoms with E-state index in [2.05, 4.69) is 20.7 Å². The minimum absolute atomic E-state index is 0.562. The maximum absolute atomic E-state index is 6.17. The lowest BCUT2D eigenvalue weighted by molar-refractivity contribution is 0.573. The smallest absolute Gasteiger partial charge is 0.227 e. The Labute approximate surface area is 137 Å². The first-order valence-corrected chi connectivity index (χ1v) is 8.52. The zero-order valence-corrected chi connectivity index (χ0v) is 13.3. The summed E-state index contributed by atoms with van der Waals surface area (Å²) in [5, 5.41) is 1.69. The summed E-state index contributed by atoms with van der Waals surface area (Å²) in [4.78, 5) is 8.94. The van der Waals surface area contributed by atoms with E-state index in [0.29, 0.717) is 17.0 Å². The number of hydrogen-bond donors (Lipinski definition) is 0. The summed E-state index contributed by atoms with van der Waals surface area (Å²) in [7, 11) is 0. The van der Waals surface area contributed by atoms with Crippen molar-refractivity contribution in [3.63, 3.8) is 0 Å². The molecule has 0 aliphatic heterocycles. The number of thioether (sulfide) groups is 1. The highest BCUT2D eigenvalue weighted by Crippen LogP contribution is 2.38. The average Bonchev–Trinajstić information content (AvgIpc) is 3.09. The summed E-state index contributed by atoms with van der Waals surface area (Å²) in [6.45, 7) is 0. The van der Waals surface area contributed by atoms with Gasteiger partial charge in [0.15, 0.2) is 5.16 Å². The van der Waals surface area contributed by atoms with Crippen molar-refractivity contribution in [2.24, 2.45) is 0 Å². The molecular formula is C16H14ClN3OS. The number of oxazole rings is 1. The Bertz CT molecular complexity index is 794. The van der Waals surface area contributed by atoms with Gasteiger partial charge in [-0.25, -0.2) is 9.97 Å². The Morgan fingerprint density at radius 1 is 1.32 bits per heavy atom. The topological polar surface area (TPSA) is 43.9 Å². The van der Waals surface area contributed by atoms with Gasteiger partial charge < -0.3 is 8.98 Å². The van der Waals surface area contributed by atoms with Crippen LogP contribution in [-0.2, 0) is 5.75 Å². The largest absolute Gasteiger partial charge is 0.444 e. The molecule has 0 unspecified atom stereocenters. The molecule has 0 bridgehead atoms. The number of halogens is 1. The summed E-state index contributed by atoms with van der Waals surface area (Å²) in [6, 6.07) is 8.20. The number of hydrogen-bond acceptors (Lipinski definition) is 4. The summed E-state index contributed by atoms with van der Waals surface area (Å²) < 4.78 is 7.81. The lowest BCUT2D eigenvalue weighted by atomic mass is 10.2. The molecule has 1 aliphatic carbocycles. The van der Waals surface area contributed by atoms with E-state index in [9.17, 15) is 0 Å². The zero-order chi connectivity index (χ0) is 14.9. The third-order valence-electron chi connectivity index (χ3n) is 3.58. The molecule has 1 aliphatic rings. The van der Waals surface area contributed by atoms with Gasteiger partial charge in [-0.15, -0.1) is 0 Å². The molecule has 0 saturated heterocycles. The standard InChI is InChI=1S/C16H14ClN3OS/c17-14-4-2-1-3-13(14)15-19-11(9-21-15)10-22-16-18-7-8-20(16)12-5-6-12/h1-4,7-9,12H,5-6,10H2. The molecule has 6 heteroatoms. The van der Waals surface area contributed by atoms with Crippen LogP contribution < -0.4 is 0 Å². The first-order valence-electron chi connectivity index (χ1n) is 7.16. The number of nitrogens with zero attached hydrogens (tertiary/aromatic N) is 3. The molecule has 1 fully saturated rings. The predicted octanol–water partition coefficient (Wildman–Crippen LogP) is 4.82. The second-order valence-electron chi connectivity index (χ2n) is 5.26. The van der Waals surface area contributed by atoms with Crippen LogP contribution in [0.15, 0.2) is 52.5 Å². The first kappa shape index (κ1) is 13.9. The Morgan fingerprint density at radius 3 is 3.00 bits per heavy atom. The van der Waals surface area contributed by atoms with Crippen LogP contribution in [0.5, 0.6) is 0 Å². The van der Waals surface area contributed by atoms with Gasteiger partial charge in [0.05, 0.1) is 16.3 Å². The molecule has 1 saturated carbocycles. The van der Waals surface area contributed by atoms with Crippen molar-refractivity contribution >= 4 is 23.4 Å². The SMILES string of the molecule is Clc1ccccc1-c1nc(CSc2nccn2C2CC2)co1. The van der Waals surface area contributed by atoms with Crippen LogP contribution in [0, 0.1) is 0 Å². The zero-order valence-electron chi connectivity index (χ0n) is 11.8. The van der Waals surface area contributed by atoms with Gasteiger partial charge in [0.25, 0.3) is 0 Å². The van der Waals surface area contributed by atoms with Gasteiger partial charge in [-0.2, -0.15) is 0 Å². The molecule has 4 rings (SSSR count). The second kappa shape index (κ2) is 5.82. The molecule has 0 atom stereocenters. The summed E-state index contributed by atoms with van der Waals surface area (Å²) >= 11 is 7.85. The van der Waals surface area contributed by atoms with Gasteiger partial charge in [-0.3, -0.25) is 0 Å². The van der Waals surface area contributed by atoms with Gasteiger partial charge in [-0.05, 0) is 25.0 Å². The van der Waals surface area contributed by atoms with Gasteiger partial charge in [0, 0.05) is 24.2 Å². The van der Waals surface area contributed by atoms with E-state index in [1.165, 1.54) is 12.8 Å². The van der Waals surface area contributed by atoms with E-state index in [4.69, 9.17) is 16.0 Å². The Hall–Kier alpha value is -1.72. The Kier molecular flexibility index (Phi) is 3.68. The minimum atomic E-state index is 0.562. The van der Waals surface area contributed by atoms with Gasteiger partial charge in [-0.1, -0.05) is 35.5 Å². The molecule has 2 aromatic heterocycles. The average molecular weight is 332 g/mol. The van der Waals surface area contributed by atoms with Crippen molar-refractivity contribution in [2.45, 2.75) is 29.8 Å². The van der Waals surface area contributed by atoms with Gasteiger partial charge in [0.2, 0.25) is 5.89 Å². The predicted molar refractivity (Wildman–Crippen MR) is 87.0 cm³/mol. The van der Waals surface area contributed by atoms with Crippen LogP contribution in [0.3, 0.4) is 0 Å². The molecule has 4 nitrogen and oxygen atoms in total. The minimum Gasteiger partial charge on any atom is -0.444 e. The number of rotatable bonds is 5. The van der Waals surface area contributed by atoms with Crippen molar-refractivity contribution in [2.75, 3.05) is 0 Å². The molecule has 0 N–H and O–H groups in total. The molecule has 22 heavy (non-hydrogen) atoms. The van der Waals surface area contributed by atoms with Crippen LogP contribution in [0.1, 0.15) is 24.6 Å². The van der Waals surface area contributed by atoms with E-state index in [1.54, 1.807) is 18.0 Å². The van der Waals surface area contributed by atoms with Crippen LogP contribution in [0.25, 0.3) is 11.5 Å². The van der Waals surface area contributed by atoms with E-state index in [0.717, 1.165) is 22.2 Å². The highest BCUT2D eigenvalue weighted by Gasteiger charge is 2.25. The molecule has 1 aromatic carbocycles. The van der Waals surface area contributed by atoms with E-state index >= 15 is 0 Å². The van der Waals surface area contributed by atoms with E-state index in [1.807, 2.05) is 30.5 Å². The fourth-order valence-corrected chi connectivity index (χ4v) is 3.43. The quantitative estimate of drug-likeness (QED) is 0.629. The normalized spacial score (nSPS) is 14.4. The highest BCUT2D eigenvalue weighted by molar-refractivity contribution is 7.98. The summed E-state index contributed by atoms with van der Waals surface area (Å²) in [6.07, 6.45) is 8.11. The van der Waals surface area contributed by atoms with Crippen molar-refractivity contribution in [1.82, 2.24) is 14.5 Å². The lowest BCUT2D eigenvalue weighted by Crippen LogP contribution is -1.94. The van der Waals surface area contributed by atoms with Crippen LogP contribution in [0.4, 0.5) is 0 Å². The first-order chi connectivity index (χ1) is 10.8. The molecule has 0 spiro atoms. The summed E-state index contributed by atoms with van der Waals surface area (Å²) in [5.41, 5.74) is 1.71. The number of aromatic nitrogens is 3. The van der Waals surface area contributed by atoms with Crippen LogP contribution >= 0.6 is 23.4 Å². The third kappa shape index (κ3) is 2.78. The van der Waals surface area contributed by atoms with E-state index < -0.39 is 0 Å². The maximum Gasteiger partial charge on any atom is 0.227 e. The fourth-order valence-electron chi connectivity index (χ4n) is 2.31. The molecule has 112 valence electrons. The van der Waals surface area contributed by atoms with Crippen molar-refractivity contribution in [3.05, 3.63) is 53.6 Å². The van der Waals surface area contributed by atoms with Gasteiger partial charge >= 0.3 is 0 Å².